The molecule has 1 saturated heterocycles. The zero-order chi connectivity index (χ0) is 18.9. The molecule has 3 rings (SSSR count). The average molecular weight is 364 g/mol. The maximum absolute atomic E-state index is 13.1. The molecule has 1 heterocycles. The number of carbonyl (C=O) groups is 1. The summed E-state index contributed by atoms with van der Waals surface area (Å²) in [6.45, 7) is 1.06. The summed E-state index contributed by atoms with van der Waals surface area (Å²) in [5.74, 6) is 0.136. The Balaban J connectivity index is 1.98. The van der Waals surface area contributed by atoms with E-state index >= 15 is 0 Å². The predicted molar refractivity (Wildman–Crippen MR) is 91.9 cm³/mol. The Morgan fingerprint density at radius 2 is 2.00 bits per heavy atom. The minimum Gasteiger partial charge on any atom is -0.496 e. The number of halogens is 3. The molecule has 1 aliphatic rings. The number of likely N-dealkylation sites (tertiary alicyclic amines) is 1. The van der Waals surface area contributed by atoms with E-state index in [4.69, 9.17) is 10.5 Å². The number of hydrogen-bond acceptors (Lipinski definition) is 3. The summed E-state index contributed by atoms with van der Waals surface area (Å²) in [5.41, 5.74) is 6.26. The van der Waals surface area contributed by atoms with Gasteiger partial charge >= 0.3 is 6.18 Å². The first-order valence-electron chi connectivity index (χ1n) is 8.20. The number of alkyl halides is 3. The van der Waals surface area contributed by atoms with Gasteiger partial charge in [0.2, 0.25) is 0 Å². The lowest BCUT2D eigenvalue weighted by atomic mass is 9.99. The van der Waals surface area contributed by atoms with Gasteiger partial charge in [-0.25, -0.2) is 0 Å². The van der Waals surface area contributed by atoms with Gasteiger partial charge in [-0.15, -0.1) is 0 Å². The maximum atomic E-state index is 13.1. The number of hydrogen-bond donors (Lipinski definition) is 1. The first kappa shape index (κ1) is 18.3. The van der Waals surface area contributed by atoms with Crippen molar-refractivity contribution in [3.05, 3.63) is 53.6 Å². The zero-order valence-corrected chi connectivity index (χ0v) is 14.2. The minimum absolute atomic E-state index is 0.0364. The van der Waals surface area contributed by atoms with Crippen LogP contribution in [0.5, 0.6) is 5.75 Å². The molecular weight excluding hydrogens is 345 g/mol. The number of nitrogens with zero attached hydrogens (tertiary/aromatic N) is 1. The van der Waals surface area contributed by atoms with Crippen molar-refractivity contribution in [3.63, 3.8) is 0 Å². The SMILES string of the molecule is COc1ccc(C(F)(F)F)cc1-c1cccc(C(=O)N2CC[C@@H](N)C2)c1. The first-order valence-corrected chi connectivity index (χ1v) is 8.20. The molecule has 0 bridgehead atoms. The van der Waals surface area contributed by atoms with Gasteiger partial charge in [0.15, 0.2) is 0 Å². The summed E-state index contributed by atoms with van der Waals surface area (Å²) in [6.07, 6.45) is -3.72. The molecule has 4 nitrogen and oxygen atoms in total. The normalized spacial score (nSPS) is 17.4. The van der Waals surface area contributed by atoms with E-state index in [0.29, 0.717) is 30.0 Å². The summed E-state index contributed by atoms with van der Waals surface area (Å²) in [7, 11) is 1.40. The summed E-state index contributed by atoms with van der Waals surface area (Å²) in [5, 5.41) is 0. The monoisotopic (exact) mass is 364 g/mol. The van der Waals surface area contributed by atoms with Gasteiger partial charge in [0.25, 0.3) is 5.91 Å². The molecule has 0 spiro atoms. The van der Waals surface area contributed by atoms with Crippen molar-refractivity contribution in [3.8, 4) is 16.9 Å². The lowest BCUT2D eigenvalue weighted by Crippen LogP contribution is -2.31. The Morgan fingerprint density at radius 3 is 2.62 bits per heavy atom. The van der Waals surface area contributed by atoms with Crippen molar-refractivity contribution in [2.24, 2.45) is 5.73 Å². The van der Waals surface area contributed by atoms with Crippen molar-refractivity contribution in [1.82, 2.24) is 4.90 Å². The topological polar surface area (TPSA) is 55.6 Å². The highest BCUT2D eigenvalue weighted by Crippen LogP contribution is 2.37. The molecule has 2 aromatic carbocycles. The Hall–Kier alpha value is -2.54. The van der Waals surface area contributed by atoms with E-state index in [1.54, 1.807) is 29.2 Å². The molecule has 1 fully saturated rings. The Kier molecular flexibility index (Phi) is 4.91. The number of methoxy groups -OCH3 is 1. The summed E-state index contributed by atoms with van der Waals surface area (Å²) < 4.78 is 44.4. The van der Waals surface area contributed by atoms with Crippen LogP contribution in [-0.4, -0.2) is 37.0 Å². The second-order valence-electron chi connectivity index (χ2n) is 6.29. The summed E-state index contributed by atoms with van der Waals surface area (Å²) in [4.78, 5) is 14.3. The van der Waals surface area contributed by atoms with E-state index in [1.807, 2.05) is 0 Å². The summed E-state index contributed by atoms with van der Waals surface area (Å²) in [6, 6.07) is 9.80. The van der Waals surface area contributed by atoms with Gasteiger partial charge in [0.1, 0.15) is 5.75 Å². The van der Waals surface area contributed by atoms with Gasteiger partial charge in [-0.2, -0.15) is 13.2 Å². The van der Waals surface area contributed by atoms with Gasteiger partial charge in [-0.3, -0.25) is 4.79 Å². The number of ether oxygens (including phenoxy) is 1. The summed E-state index contributed by atoms with van der Waals surface area (Å²) >= 11 is 0. The quantitative estimate of drug-likeness (QED) is 0.906. The number of nitrogens with two attached hydrogens (primary N) is 1. The van der Waals surface area contributed by atoms with Gasteiger partial charge in [-0.1, -0.05) is 12.1 Å². The van der Waals surface area contributed by atoms with Gasteiger partial charge in [0.05, 0.1) is 12.7 Å². The lowest BCUT2D eigenvalue weighted by Gasteiger charge is -2.17. The molecule has 2 N–H and O–H groups in total. The molecular formula is C19H19F3N2O2. The van der Waals surface area contributed by atoms with Crippen LogP contribution in [0.25, 0.3) is 11.1 Å². The van der Waals surface area contributed by atoms with E-state index in [-0.39, 0.29) is 17.5 Å². The molecule has 1 atom stereocenters. The van der Waals surface area contributed by atoms with E-state index in [2.05, 4.69) is 0 Å². The van der Waals surface area contributed by atoms with Crippen LogP contribution in [0.2, 0.25) is 0 Å². The van der Waals surface area contributed by atoms with E-state index in [0.717, 1.165) is 18.6 Å². The molecule has 1 aliphatic heterocycles. The van der Waals surface area contributed by atoms with Crippen molar-refractivity contribution in [2.75, 3.05) is 20.2 Å². The Bertz CT molecular complexity index is 821. The molecule has 138 valence electrons. The standard InChI is InChI=1S/C19H19F3N2O2/c1-26-17-6-5-14(19(20,21)22)10-16(17)12-3-2-4-13(9-12)18(25)24-8-7-15(23)11-24/h2-6,9-10,15H,7-8,11,23H2,1H3/t15-/m1/s1. The second-order valence-corrected chi connectivity index (χ2v) is 6.29. The van der Waals surface area contributed by atoms with Crippen LogP contribution in [0.3, 0.4) is 0 Å². The van der Waals surface area contributed by atoms with Crippen molar-refractivity contribution in [2.45, 2.75) is 18.6 Å². The molecule has 0 unspecified atom stereocenters. The average Bonchev–Trinajstić information content (AvgIpc) is 3.06. The highest BCUT2D eigenvalue weighted by atomic mass is 19.4. The van der Waals surface area contributed by atoms with Crippen LogP contribution >= 0.6 is 0 Å². The third-order valence-corrected chi connectivity index (χ3v) is 4.46. The maximum Gasteiger partial charge on any atom is 0.416 e. The highest BCUT2D eigenvalue weighted by molar-refractivity contribution is 5.96. The first-order chi connectivity index (χ1) is 12.3. The molecule has 26 heavy (non-hydrogen) atoms. The lowest BCUT2D eigenvalue weighted by molar-refractivity contribution is -0.137. The van der Waals surface area contributed by atoms with Crippen LogP contribution in [0.1, 0.15) is 22.3 Å². The highest BCUT2D eigenvalue weighted by Gasteiger charge is 2.31. The fraction of sp³-hybridized carbons (Fsp3) is 0.316. The number of rotatable bonds is 3. The van der Waals surface area contributed by atoms with Crippen LogP contribution in [-0.2, 0) is 6.18 Å². The molecule has 7 heteroatoms. The van der Waals surface area contributed by atoms with Gasteiger partial charge < -0.3 is 15.4 Å². The third kappa shape index (κ3) is 3.67. The number of benzene rings is 2. The largest absolute Gasteiger partial charge is 0.496 e. The smallest absolute Gasteiger partial charge is 0.416 e. The number of amides is 1. The molecule has 1 amide bonds. The Labute approximate surface area is 149 Å². The van der Waals surface area contributed by atoms with Gasteiger partial charge in [0, 0.05) is 30.3 Å². The van der Waals surface area contributed by atoms with Crippen molar-refractivity contribution in [1.29, 1.82) is 0 Å². The predicted octanol–water partition coefficient (Wildman–Crippen LogP) is 3.55. The second kappa shape index (κ2) is 6.99. The molecule has 0 aliphatic carbocycles. The fourth-order valence-corrected chi connectivity index (χ4v) is 3.08. The van der Waals surface area contributed by atoms with Crippen LogP contribution < -0.4 is 10.5 Å². The van der Waals surface area contributed by atoms with Crippen molar-refractivity contribution >= 4 is 5.91 Å². The zero-order valence-electron chi connectivity index (χ0n) is 14.2. The molecule has 0 aromatic heterocycles. The third-order valence-electron chi connectivity index (χ3n) is 4.46. The fourth-order valence-electron chi connectivity index (χ4n) is 3.08. The van der Waals surface area contributed by atoms with E-state index in [1.165, 1.54) is 13.2 Å². The van der Waals surface area contributed by atoms with Crippen LogP contribution in [0.4, 0.5) is 13.2 Å². The number of carbonyl (C=O) groups excluding carboxylic acids is 1. The van der Waals surface area contributed by atoms with Crippen LogP contribution in [0.15, 0.2) is 42.5 Å². The van der Waals surface area contributed by atoms with Gasteiger partial charge in [-0.05, 0) is 42.3 Å². The van der Waals surface area contributed by atoms with E-state index < -0.39 is 11.7 Å². The molecule has 0 radical (unpaired) electrons. The Morgan fingerprint density at radius 1 is 1.23 bits per heavy atom. The van der Waals surface area contributed by atoms with E-state index in [9.17, 15) is 18.0 Å². The van der Waals surface area contributed by atoms with Crippen LogP contribution in [0, 0.1) is 0 Å². The molecule has 2 aromatic rings. The van der Waals surface area contributed by atoms with Crippen molar-refractivity contribution < 1.29 is 22.7 Å². The minimum atomic E-state index is -4.46. The molecule has 0 saturated carbocycles.